The van der Waals surface area contributed by atoms with Gasteiger partial charge in [0.2, 0.25) is 0 Å². The van der Waals surface area contributed by atoms with Gasteiger partial charge < -0.3 is 16.2 Å². The van der Waals surface area contributed by atoms with Crippen molar-refractivity contribution < 1.29 is 18.3 Å². The molecule has 0 aliphatic heterocycles. The number of anilines is 2. The van der Waals surface area contributed by atoms with E-state index in [1.165, 1.54) is 12.1 Å². The van der Waals surface area contributed by atoms with Gasteiger partial charge in [-0.15, -0.1) is 0 Å². The van der Waals surface area contributed by atoms with Crippen LogP contribution in [-0.2, 0) is 6.18 Å². The van der Waals surface area contributed by atoms with Crippen LogP contribution in [0.25, 0.3) is 0 Å². The first kappa shape index (κ1) is 16.6. The van der Waals surface area contributed by atoms with E-state index >= 15 is 0 Å². The molecule has 20 heavy (non-hydrogen) atoms. The molecular formula is C14H21F3N2O. The second-order valence-corrected chi connectivity index (χ2v) is 5.64. The summed E-state index contributed by atoms with van der Waals surface area (Å²) in [5.74, 6) is 0. The Balaban J connectivity index is 2.74. The maximum atomic E-state index is 12.7. The van der Waals surface area contributed by atoms with E-state index in [1.54, 1.807) is 0 Å². The van der Waals surface area contributed by atoms with E-state index in [4.69, 9.17) is 10.8 Å². The molecule has 0 radical (unpaired) electrons. The van der Waals surface area contributed by atoms with Gasteiger partial charge in [0.15, 0.2) is 0 Å². The molecule has 0 saturated heterocycles. The van der Waals surface area contributed by atoms with Gasteiger partial charge in [-0.2, -0.15) is 13.2 Å². The molecule has 0 saturated carbocycles. The van der Waals surface area contributed by atoms with Gasteiger partial charge in [-0.05, 0) is 36.5 Å². The first-order valence-electron chi connectivity index (χ1n) is 6.47. The summed E-state index contributed by atoms with van der Waals surface area (Å²) in [5, 5.41) is 11.8. The molecule has 1 aromatic rings. The second kappa shape index (κ2) is 6.35. The molecule has 3 nitrogen and oxygen atoms in total. The summed E-state index contributed by atoms with van der Waals surface area (Å²) in [4.78, 5) is 0. The van der Waals surface area contributed by atoms with Crippen molar-refractivity contribution in [2.75, 3.05) is 24.2 Å². The molecule has 0 heterocycles. The molecule has 0 aliphatic carbocycles. The minimum atomic E-state index is -4.45. The summed E-state index contributed by atoms with van der Waals surface area (Å²) in [7, 11) is 0. The second-order valence-electron chi connectivity index (χ2n) is 5.64. The summed E-state index contributed by atoms with van der Waals surface area (Å²) in [6.07, 6.45) is -2.99. The van der Waals surface area contributed by atoms with Gasteiger partial charge in [0.25, 0.3) is 0 Å². The molecule has 1 aromatic carbocycles. The van der Waals surface area contributed by atoms with Crippen LogP contribution in [0.1, 0.15) is 32.3 Å². The lowest BCUT2D eigenvalue weighted by molar-refractivity contribution is -0.136. The van der Waals surface area contributed by atoms with E-state index in [2.05, 4.69) is 5.32 Å². The predicted octanol–water partition coefficient (Wildman–Crippen LogP) is 3.50. The zero-order chi connectivity index (χ0) is 15.4. The molecule has 0 aliphatic rings. The molecule has 0 unspecified atom stereocenters. The summed E-state index contributed by atoms with van der Waals surface area (Å²) in [6, 6.07) is 3.82. The van der Waals surface area contributed by atoms with Crippen LogP contribution in [0.2, 0.25) is 0 Å². The number of benzene rings is 1. The monoisotopic (exact) mass is 290 g/mol. The maximum Gasteiger partial charge on any atom is 0.418 e. The standard InChI is InChI=1S/C14H21F3N2O/c1-13(2,6-3-7-20)9-19-10-4-5-12(18)11(8-10)14(15,16)17/h4-5,8,19-20H,3,6-7,9,18H2,1-2H3. The van der Waals surface area contributed by atoms with Crippen molar-refractivity contribution in [3.8, 4) is 0 Å². The fourth-order valence-corrected chi connectivity index (χ4v) is 1.90. The van der Waals surface area contributed by atoms with Crippen molar-refractivity contribution in [1.82, 2.24) is 0 Å². The number of aliphatic hydroxyl groups is 1. The molecular weight excluding hydrogens is 269 g/mol. The average Bonchev–Trinajstić information content (AvgIpc) is 2.34. The lowest BCUT2D eigenvalue weighted by Gasteiger charge is -2.25. The smallest absolute Gasteiger partial charge is 0.398 e. The number of nitrogen functional groups attached to an aromatic ring is 1. The van der Waals surface area contributed by atoms with Gasteiger partial charge in [-0.25, -0.2) is 0 Å². The first-order chi connectivity index (χ1) is 9.15. The number of halogens is 3. The number of nitrogens with one attached hydrogen (secondary N) is 1. The Morgan fingerprint density at radius 1 is 1.25 bits per heavy atom. The Morgan fingerprint density at radius 2 is 1.90 bits per heavy atom. The summed E-state index contributed by atoms with van der Waals surface area (Å²) < 4.78 is 38.2. The van der Waals surface area contributed by atoms with E-state index in [0.29, 0.717) is 18.7 Å². The number of hydrogen-bond donors (Lipinski definition) is 3. The van der Waals surface area contributed by atoms with E-state index in [0.717, 1.165) is 12.5 Å². The fourth-order valence-electron chi connectivity index (χ4n) is 1.90. The van der Waals surface area contributed by atoms with Crippen molar-refractivity contribution in [3.63, 3.8) is 0 Å². The van der Waals surface area contributed by atoms with Crippen LogP contribution < -0.4 is 11.1 Å². The van der Waals surface area contributed by atoms with Crippen molar-refractivity contribution in [2.24, 2.45) is 5.41 Å². The third kappa shape index (κ3) is 4.92. The molecule has 0 aromatic heterocycles. The molecule has 0 bridgehead atoms. The highest BCUT2D eigenvalue weighted by Gasteiger charge is 2.33. The molecule has 114 valence electrons. The van der Waals surface area contributed by atoms with Crippen LogP contribution in [-0.4, -0.2) is 18.3 Å². The van der Waals surface area contributed by atoms with Crippen LogP contribution in [0.15, 0.2) is 18.2 Å². The zero-order valence-electron chi connectivity index (χ0n) is 11.7. The Hall–Kier alpha value is -1.43. The summed E-state index contributed by atoms with van der Waals surface area (Å²) >= 11 is 0. The lowest BCUT2D eigenvalue weighted by Crippen LogP contribution is -2.23. The van der Waals surface area contributed by atoms with Crippen LogP contribution in [0, 0.1) is 5.41 Å². The topological polar surface area (TPSA) is 58.3 Å². The van der Waals surface area contributed by atoms with Crippen LogP contribution in [0.3, 0.4) is 0 Å². The SMILES string of the molecule is CC(C)(CCCO)CNc1ccc(N)c(C(F)(F)F)c1. The van der Waals surface area contributed by atoms with Gasteiger partial charge in [0.1, 0.15) is 0 Å². The number of rotatable bonds is 6. The van der Waals surface area contributed by atoms with Gasteiger partial charge in [-0.3, -0.25) is 0 Å². The predicted molar refractivity (Wildman–Crippen MR) is 74.4 cm³/mol. The van der Waals surface area contributed by atoms with Gasteiger partial charge in [0.05, 0.1) is 5.56 Å². The van der Waals surface area contributed by atoms with Crippen molar-refractivity contribution in [2.45, 2.75) is 32.9 Å². The molecule has 0 amide bonds. The minimum Gasteiger partial charge on any atom is -0.398 e. The van der Waals surface area contributed by atoms with Crippen LogP contribution >= 0.6 is 0 Å². The third-order valence-corrected chi connectivity index (χ3v) is 3.14. The van der Waals surface area contributed by atoms with Gasteiger partial charge >= 0.3 is 6.18 Å². The Morgan fingerprint density at radius 3 is 2.45 bits per heavy atom. The van der Waals surface area contributed by atoms with E-state index in [-0.39, 0.29) is 17.7 Å². The van der Waals surface area contributed by atoms with Gasteiger partial charge in [0, 0.05) is 24.5 Å². The third-order valence-electron chi connectivity index (χ3n) is 3.14. The number of hydrogen-bond acceptors (Lipinski definition) is 3. The highest BCUT2D eigenvalue weighted by molar-refractivity contribution is 5.58. The summed E-state index contributed by atoms with van der Waals surface area (Å²) in [6.45, 7) is 4.63. The van der Waals surface area contributed by atoms with Crippen molar-refractivity contribution in [3.05, 3.63) is 23.8 Å². The first-order valence-corrected chi connectivity index (χ1v) is 6.47. The number of nitrogens with two attached hydrogens (primary N) is 1. The van der Waals surface area contributed by atoms with Crippen LogP contribution in [0.4, 0.5) is 24.5 Å². The van der Waals surface area contributed by atoms with E-state index in [1.807, 2.05) is 13.8 Å². The maximum absolute atomic E-state index is 12.7. The fraction of sp³-hybridized carbons (Fsp3) is 0.571. The van der Waals surface area contributed by atoms with E-state index in [9.17, 15) is 13.2 Å². The molecule has 6 heteroatoms. The molecule has 1 rings (SSSR count). The highest BCUT2D eigenvalue weighted by Crippen LogP contribution is 2.35. The Labute approximate surface area is 117 Å². The lowest BCUT2D eigenvalue weighted by atomic mass is 9.88. The van der Waals surface area contributed by atoms with E-state index < -0.39 is 11.7 Å². The quantitative estimate of drug-likeness (QED) is 0.703. The number of aliphatic hydroxyl groups excluding tert-OH is 1. The molecule has 4 N–H and O–H groups in total. The Bertz CT molecular complexity index is 445. The molecule has 0 fully saturated rings. The average molecular weight is 290 g/mol. The minimum absolute atomic E-state index is 0.109. The Kier molecular flexibility index (Phi) is 5.28. The largest absolute Gasteiger partial charge is 0.418 e. The zero-order valence-corrected chi connectivity index (χ0v) is 11.7. The molecule has 0 spiro atoms. The highest BCUT2D eigenvalue weighted by atomic mass is 19.4. The number of alkyl halides is 3. The molecule has 0 atom stereocenters. The van der Waals surface area contributed by atoms with Crippen molar-refractivity contribution in [1.29, 1.82) is 0 Å². The van der Waals surface area contributed by atoms with Crippen LogP contribution in [0.5, 0.6) is 0 Å². The van der Waals surface area contributed by atoms with Crippen molar-refractivity contribution >= 4 is 11.4 Å². The normalized spacial score (nSPS) is 12.5. The summed E-state index contributed by atoms with van der Waals surface area (Å²) in [5.41, 5.74) is 4.53. The van der Waals surface area contributed by atoms with Gasteiger partial charge in [-0.1, -0.05) is 13.8 Å².